The number of rotatable bonds is 6. The predicted molar refractivity (Wildman–Crippen MR) is 54.1 cm³/mol. The Morgan fingerprint density at radius 2 is 2.31 bits per heavy atom. The first-order valence-corrected chi connectivity index (χ1v) is 5.19. The first-order chi connectivity index (χ1) is 6.24. The van der Waals surface area contributed by atoms with Crippen LogP contribution in [0.3, 0.4) is 0 Å². The highest BCUT2D eigenvalue weighted by molar-refractivity contribution is 5.97. The monoisotopic (exact) mass is 181 g/mol. The van der Waals surface area contributed by atoms with Gasteiger partial charge in [-0.2, -0.15) is 0 Å². The lowest BCUT2D eigenvalue weighted by Gasteiger charge is -2.11. The van der Waals surface area contributed by atoms with Gasteiger partial charge in [0.1, 0.15) is 6.04 Å². The zero-order chi connectivity index (χ0) is 9.84. The molecule has 0 bridgehead atoms. The van der Waals surface area contributed by atoms with Crippen molar-refractivity contribution in [1.82, 2.24) is 4.90 Å². The van der Waals surface area contributed by atoms with Gasteiger partial charge in [-0.3, -0.25) is 4.79 Å². The lowest BCUT2D eigenvalue weighted by molar-refractivity contribution is -0.113. The predicted octanol–water partition coefficient (Wildman–Crippen LogP) is 2.56. The second kappa shape index (κ2) is 4.45. The smallest absolute Gasteiger partial charge is 0.250 e. The fraction of sp³-hybridized carbons (Fsp3) is 0.727. The minimum Gasteiger partial charge on any atom is -0.305 e. The van der Waals surface area contributed by atoms with Crippen molar-refractivity contribution in [3.8, 4) is 0 Å². The van der Waals surface area contributed by atoms with Gasteiger partial charge in [-0.1, -0.05) is 39.7 Å². The maximum Gasteiger partial charge on any atom is 0.250 e. The van der Waals surface area contributed by atoms with Crippen molar-refractivity contribution >= 4 is 5.91 Å². The Morgan fingerprint density at radius 1 is 1.62 bits per heavy atom. The normalized spacial score (nSPS) is 23.1. The molecule has 0 aromatic carbocycles. The molecular weight excluding hydrogens is 162 g/mol. The zero-order valence-electron chi connectivity index (χ0n) is 8.62. The molecule has 2 unspecified atom stereocenters. The molecule has 0 N–H and O–H groups in total. The highest BCUT2D eigenvalue weighted by Gasteiger charge is 2.44. The van der Waals surface area contributed by atoms with Crippen molar-refractivity contribution in [1.29, 1.82) is 0 Å². The van der Waals surface area contributed by atoms with E-state index >= 15 is 0 Å². The molecule has 0 spiro atoms. The molecule has 1 aliphatic heterocycles. The van der Waals surface area contributed by atoms with Crippen LogP contribution >= 0.6 is 0 Å². The molecule has 2 nitrogen and oxygen atoms in total. The zero-order valence-corrected chi connectivity index (χ0v) is 8.62. The number of amides is 1. The summed E-state index contributed by atoms with van der Waals surface area (Å²) in [5, 5.41) is 0. The molecule has 1 amide bonds. The summed E-state index contributed by atoms with van der Waals surface area (Å²) < 4.78 is 0. The van der Waals surface area contributed by atoms with Crippen molar-refractivity contribution in [3.63, 3.8) is 0 Å². The molecule has 0 aromatic heterocycles. The highest BCUT2D eigenvalue weighted by atomic mass is 16.2. The molecule has 74 valence electrons. The molecule has 13 heavy (non-hydrogen) atoms. The third-order valence-electron chi connectivity index (χ3n) is 2.84. The first kappa shape index (κ1) is 10.3. The van der Waals surface area contributed by atoms with Gasteiger partial charge in [-0.15, -0.1) is 0 Å². The Hall–Kier alpha value is -0.790. The Balaban J connectivity index is 2.31. The Morgan fingerprint density at radius 3 is 2.69 bits per heavy atom. The molecule has 1 saturated heterocycles. The Bertz CT molecular complexity index is 200. The van der Waals surface area contributed by atoms with Crippen LogP contribution in [0.15, 0.2) is 12.8 Å². The molecule has 0 saturated carbocycles. The summed E-state index contributed by atoms with van der Waals surface area (Å²) in [6.45, 7) is 8.00. The van der Waals surface area contributed by atoms with E-state index in [0.29, 0.717) is 5.92 Å². The van der Waals surface area contributed by atoms with Crippen LogP contribution in [0.2, 0.25) is 0 Å². The molecule has 1 heterocycles. The van der Waals surface area contributed by atoms with Gasteiger partial charge in [0.15, 0.2) is 0 Å². The first-order valence-electron chi connectivity index (χ1n) is 5.19. The van der Waals surface area contributed by atoms with Gasteiger partial charge >= 0.3 is 0 Å². The Kier molecular flexibility index (Phi) is 3.52. The van der Waals surface area contributed by atoms with Gasteiger partial charge in [0, 0.05) is 6.20 Å². The van der Waals surface area contributed by atoms with E-state index in [1.165, 1.54) is 19.3 Å². The van der Waals surface area contributed by atoms with E-state index < -0.39 is 0 Å². The van der Waals surface area contributed by atoms with E-state index in [1.807, 2.05) is 0 Å². The van der Waals surface area contributed by atoms with Crippen LogP contribution in [0, 0.1) is 5.92 Å². The number of hydrogen-bond acceptors (Lipinski definition) is 1. The van der Waals surface area contributed by atoms with Crippen LogP contribution in [-0.2, 0) is 4.79 Å². The second-order valence-electron chi connectivity index (χ2n) is 3.74. The largest absolute Gasteiger partial charge is 0.305 e. The summed E-state index contributed by atoms with van der Waals surface area (Å²) >= 11 is 0. The number of carbonyl (C=O) groups is 1. The topological polar surface area (TPSA) is 20.1 Å². The fourth-order valence-corrected chi connectivity index (χ4v) is 1.88. The maximum atomic E-state index is 11.2. The van der Waals surface area contributed by atoms with Crippen molar-refractivity contribution < 1.29 is 4.79 Å². The molecular formula is C11H19NO. The standard InChI is InChI=1S/C11H19NO/c1-4-7-9(5-2)8-10-11(13)12(10)6-3/h6,9-10H,3-5,7-8H2,1-2H3. The van der Waals surface area contributed by atoms with Crippen LogP contribution in [0.1, 0.15) is 39.5 Å². The van der Waals surface area contributed by atoms with E-state index in [4.69, 9.17) is 0 Å². The molecule has 1 aliphatic rings. The number of nitrogens with zero attached hydrogens (tertiary/aromatic N) is 1. The van der Waals surface area contributed by atoms with Gasteiger partial charge in [0.25, 0.3) is 0 Å². The minimum absolute atomic E-state index is 0.161. The highest BCUT2D eigenvalue weighted by Crippen LogP contribution is 2.29. The van der Waals surface area contributed by atoms with Crippen molar-refractivity contribution in [2.75, 3.05) is 0 Å². The number of hydrogen-bond donors (Lipinski definition) is 0. The van der Waals surface area contributed by atoms with Crippen molar-refractivity contribution in [3.05, 3.63) is 12.8 Å². The van der Waals surface area contributed by atoms with Crippen molar-refractivity contribution in [2.45, 2.75) is 45.6 Å². The van der Waals surface area contributed by atoms with Crippen LogP contribution in [-0.4, -0.2) is 16.8 Å². The van der Waals surface area contributed by atoms with Gasteiger partial charge in [0.05, 0.1) is 0 Å². The summed E-state index contributed by atoms with van der Waals surface area (Å²) in [5.41, 5.74) is 0. The van der Waals surface area contributed by atoms with Gasteiger partial charge in [-0.25, -0.2) is 0 Å². The molecule has 1 fully saturated rings. The third-order valence-corrected chi connectivity index (χ3v) is 2.84. The van der Waals surface area contributed by atoms with E-state index in [9.17, 15) is 4.79 Å². The summed E-state index contributed by atoms with van der Waals surface area (Å²) in [4.78, 5) is 12.9. The van der Waals surface area contributed by atoms with E-state index in [-0.39, 0.29) is 11.9 Å². The summed E-state index contributed by atoms with van der Waals surface area (Å²) in [7, 11) is 0. The van der Waals surface area contributed by atoms with E-state index in [1.54, 1.807) is 11.1 Å². The average Bonchev–Trinajstić information content (AvgIpc) is 2.75. The second-order valence-corrected chi connectivity index (χ2v) is 3.74. The molecule has 1 rings (SSSR count). The SMILES string of the molecule is C=CN1C(=O)C1CC(CC)CCC. The molecule has 0 aromatic rings. The Labute approximate surface area is 80.6 Å². The fourth-order valence-electron chi connectivity index (χ4n) is 1.88. The van der Waals surface area contributed by atoms with Crippen LogP contribution in [0.5, 0.6) is 0 Å². The lowest BCUT2D eigenvalue weighted by atomic mass is 9.95. The molecule has 2 atom stereocenters. The van der Waals surface area contributed by atoms with Crippen LogP contribution in [0.25, 0.3) is 0 Å². The lowest BCUT2D eigenvalue weighted by Crippen LogP contribution is -2.05. The quantitative estimate of drug-likeness (QED) is 0.577. The van der Waals surface area contributed by atoms with Crippen molar-refractivity contribution in [2.24, 2.45) is 5.92 Å². The molecule has 0 radical (unpaired) electrons. The van der Waals surface area contributed by atoms with Gasteiger partial charge < -0.3 is 4.90 Å². The summed E-state index contributed by atoms with van der Waals surface area (Å²) in [6.07, 6.45) is 6.31. The van der Waals surface area contributed by atoms with E-state index in [2.05, 4.69) is 20.4 Å². The summed E-state index contributed by atoms with van der Waals surface area (Å²) in [5.74, 6) is 0.966. The maximum absolute atomic E-state index is 11.2. The van der Waals surface area contributed by atoms with E-state index in [0.717, 1.165) is 6.42 Å². The number of carbonyl (C=O) groups excluding carboxylic acids is 1. The average molecular weight is 181 g/mol. The van der Waals surface area contributed by atoms with Gasteiger partial charge in [0.2, 0.25) is 5.91 Å². The van der Waals surface area contributed by atoms with Gasteiger partial charge in [-0.05, 0) is 12.3 Å². The molecule has 0 aliphatic carbocycles. The summed E-state index contributed by atoms with van der Waals surface area (Å²) in [6, 6.07) is 0.161. The van der Waals surface area contributed by atoms with Crippen LogP contribution in [0.4, 0.5) is 0 Å². The molecule has 2 heteroatoms. The van der Waals surface area contributed by atoms with Crippen LogP contribution < -0.4 is 0 Å². The minimum atomic E-state index is 0.161. The third kappa shape index (κ3) is 2.33.